The quantitative estimate of drug-likeness (QED) is 0.156. The molecule has 53 heavy (non-hydrogen) atoms. The Bertz CT molecular complexity index is 1810. The second-order valence-electron chi connectivity index (χ2n) is 14.7. The standard InChI is InChI=1S/C40H51N3O9S/c1-39(2,3)52-38(46)43-25-29(24-30(26-43)42-53(47,48)31-19-16-28(17-20-31)18-21-36(44)50-5)37(45)41-27-40(22-10-11-23-49-4)32-12-6-8-14-34(32)51-35-15-9-7-13-33(35)40/h6-9,12-17,19-20,29-30,42H,10-11,18,21-27H2,1-5H3,(H,41,45). The molecule has 0 saturated carbocycles. The number of aryl methyl sites for hydroxylation is 1. The van der Waals surface area contributed by atoms with E-state index in [-0.39, 0.29) is 49.2 Å². The Labute approximate surface area is 312 Å². The lowest BCUT2D eigenvalue weighted by atomic mass is 9.69. The highest BCUT2D eigenvalue weighted by Crippen LogP contribution is 2.50. The lowest BCUT2D eigenvalue weighted by Crippen LogP contribution is -2.56. The molecule has 3 aromatic carbocycles. The molecule has 2 amide bonds. The Morgan fingerprint density at radius 1 is 0.906 bits per heavy atom. The Balaban J connectivity index is 1.38. The van der Waals surface area contributed by atoms with Crippen LogP contribution < -0.4 is 14.8 Å². The average Bonchev–Trinajstić information content (AvgIpc) is 3.13. The minimum Gasteiger partial charge on any atom is -0.469 e. The van der Waals surface area contributed by atoms with Crippen LogP contribution in [0.25, 0.3) is 0 Å². The Kier molecular flexibility index (Phi) is 12.8. The Morgan fingerprint density at radius 2 is 1.55 bits per heavy atom. The van der Waals surface area contributed by atoms with Crippen molar-refractivity contribution in [3.05, 3.63) is 89.5 Å². The lowest BCUT2D eigenvalue weighted by Gasteiger charge is -2.42. The number of fused-ring (bicyclic) bond motifs is 2. The minimum absolute atomic E-state index is 0.0245. The molecule has 2 N–H and O–H groups in total. The second-order valence-corrected chi connectivity index (χ2v) is 16.4. The van der Waals surface area contributed by atoms with E-state index in [0.717, 1.165) is 41.0 Å². The number of rotatable bonds is 14. The van der Waals surface area contributed by atoms with Crippen LogP contribution in [0.2, 0.25) is 0 Å². The van der Waals surface area contributed by atoms with Gasteiger partial charge in [0, 0.05) is 62.4 Å². The summed E-state index contributed by atoms with van der Waals surface area (Å²) in [5, 5.41) is 3.22. The monoisotopic (exact) mass is 749 g/mol. The molecule has 1 fully saturated rings. The first kappa shape index (κ1) is 39.7. The largest absolute Gasteiger partial charge is 0.469 e. The number of hydrogen-bond donors (Lipinski definition) is 2. The predicted octanol–water partition coefficient (Wildman–Crippen LogP) is 5.72. The summed E-state index contributed by atoms with van der Waals surface area (Å²) < 4.78 is 52.0. The summed E-state index contributed by atoms with van der Waals surface area (Å²) in [5.41, 5.74) is 1.31. The molecule has 2 unspecified atom stereocenters. The number of para-hydroxylation sites is 2. The molecule has 0 bridgehead atoms. The number of ether oxygens (including phenoxy) is 4. The van der Waals surface area contributed by atoms with Gasteiger partial charge >= 0.3 is 12.1 Å². The highest BCUT2D eigenvalue weighted by atomic mass is 32.2. The van der Waals surface area contributed by atoms with Crippen LogP contribution in [0.3, 0.4) is 0 Å². The molecule has 2 heterocycles. The highest BCUT2D eigenvalue weighted by Gasteiger charge is 2.43. The van der Waals surface area contributed by atoms with Gasteiger partial charge in [-0.25, -0.2) is 17.9 Å². The minimum atomic E-state index is -4.04. The summed E-state index contributed by atoms with van der Waals surface area (Å²) in [5.74, 6) is 0.0722. The molecular formula is C40H51N3O9S. The summed E-state index contributed by atoms with van der Waals surface area (Å²) in [4.78, 5) is 40.6. The number of likely N-dealkylation sites (tertiary alicyclic amines) is 1. The second kappa shape index (κ2) is 17.1. The van der Waals surface area contributed by atoms with Gasteiger partial charge < -0.3 is 29.2 Å². The van der Waals surface area contributed by atoms with Gasteiger partial charge in [-0.15, -0.1) is 0 Å². The zero-order valence-corrected chi connectivity index (χ0v) is 32.0. The van der Waals surface area contributed by atoms with E-state index < -0.39 is 39.1 Å². The first-order chi connectivity index (χ1) is 25.2. The molecule has 0 aliphatic carbocycles. The molecule has 0 aromatic heterocycles. The number of carbonyl (C=O) groups is 3. The number of hydrogen-bond acceptors (Lipinski definition) is 9. The van der Waals surface area contributed by atoms with Crippen molar-refractivity contribution in [2.45, 2.75) is 81.2 Å². The van der Waals surface area contributed by atoms with Gasteiger partial charge in [-0.1, -0.05) is 48.5 Å². The summed E-state index contributed by atoms with van der Waals surface area (Å²) in [7, 11) is -1.05. The van der Waals surface area contributed by atoms with E-state index in [0.29, 0.717) is 19.4 Å². The van der Waals surface area contributed by atoms with E-state index in [9.17, 15) is 22.8 Å². The van der Waals surface area contributed by atoms with Gasteiger partial charge in [-0.3, -0.25) is 9.59 Å². The molecule has 12 nitrogen and oxygen atoms in total. The van der Waals surface area contributed by atoms with Gasteiger partial charge in [0.2, 0.25) is 15.9 Å². The van der Waals surface area contributed by atoms with Crippen LogP contribution in [-0.2, 0) is 45.7 Å². The number of piperidine rings is 1. The number of unbranched alkanes of at least 4 members (excludes halogenated alkanes) is 1. The van der Waals surface area contributed by atoms with Crippen LogP contribution >= 0.6 is 0 Å². The van der Waals surface area contributed by atoms with Crippen molar-refractivity contribution in [2.24, 2.45) is 5.92 Å². The van der Waals surface area contributed by atoms with Crippen LogP contribution in [0.1, 0.15) is 69.6 Å². The van der Waals surface area contributed by atoms with Crippen LogP contribution in [0.15, 0.2) is 77.7 Å². The van der Waals surface area contributed by atoms with Gasteiger partial charge in [0.25, 0.3) is 0 Å². The maximum Gasteiger partial charge on any atom is 0.410 e. The van der Waals surface area contributed by atoms with Crippen LogP contribution in [0.5, 0.6) is 11.5 Å². The first-order valence-corrected chi connectivity index (χ1v) is 19.5. The molecule has 2 aliphatic rings. The maximum atomic E-state index is 14.2. The summed E-state index contributed by atoms with van der Waals surface area (Å²) in [6.45, 7) is 6.22. The molecular weight excluding hydrogens is 699 g/mol. The number of nitrogens with zero attached hydrogens (tertiary/aromatic N) is 1. The Hall–Kier alpha value is -4.46. The molecule has 286 valence electrons. The molecule has 1 saturated heterocycles. The number of esters is 1. The van der Waals surface area contributed by atoms with Crippen molar-refractivity contribution in [1.29, 1.82) is 0 Å². The predicted molar refractivity (Wildman–Crippen MR) is 199 cm³/mol. The fraction of sp³-hybridized carbons (Fsp3) is 0.475. The molecule has 13 heteroatoms. The molecule has 5 rings (SSSR count). The highest BCUT2D eigenvalue weighted by molar-refractivity contribution is 7.89. The van der Waals surface area contributed by atoms with Crippen molar-refractivity contribution in [1.82, 2.24) is 14.9 Å². The number of carbonyl (C=O) groups excluding carboxylic acids is 3. The smallest absolute Gasteiger partial charge is 0.410 e. The summed E-state index contributed by atoms with van der Waals surface area (Å²) in [6.07, 6.45) is 2.50. The van der Waals surface area contributed by atoms with Crippen molar-refractivity contribution in [3.63, 3.8) is 0 Å². The third kappa shape index (κ3) is 9.95. The lowest BCUT2D eigenvalue weighted by molar-refractivity contribution is -0.140. The number of benzene rings is 3. The van der Waals surface area contributed by atoms with Crippen molar-refractivity contribution in [3.8, 4) is 11.5 Å². The van der Waals surface area contributed by atoms with Crippen molar-refractivity contribution < 1.29 is 41.7 Å². The van der Waals surface area contributed by atoms with Crippen LogP contribution in [0, 0.1) is 5.92 Å². The zero-order valence-electron chi connectivity index (χ0n) is 31.2. The van der Waals surface area contributed by atoms with Gasteiger partial charge in [0.15, 0.2) is 0 Å². The average molecular weight is 750 g/mol. The summed E-state index contributed by atoms with van der Waals surface area (Å²) >= 11 is 0. The van der Waals surface area contributed by atoms with E-state index in [1.54, 1.807) is 40.0 Å². The first-order valence-electron chi connectivity index (χ1n) is 18.0. The molecule has 3 aromatic rings. The normalized spacial score (nSPS) is 17.9. The maximum absolute atomic E-state index is 14.2. The summed E-state index contributed by atoms with van der Waals surface area (Å²) in [6, 6.07) is 21.2. The SMILES string of the molecule is COCCCCC1(CNC(=O)C2CC(NS(=O)(=O)c3ccc(CCC(=O)OC)cc3)CN(C(=O)OC(C)(C)C)C2)c2ccccc2Oc2ccccc21. The molecule has 2 atom stereocenters. The third-order valence-corrected chi connectivity index (χ3v) is 11.2. The fourth-order valence-electron chi connectivity index (χ4n) is 7.09. The number of methoxy groups -OCH3 is 2. The molecule has 2 aliphatic heterocycles. The topological polar surface area (TPSA) is 150 Å². The van der Waals surface area contributed by atoms with Gasteiger partial charge in [0.05, 0.1) is 17.9 Å². The van der Waals surface area contributed by atoms with E-state index in [1.807, 2.05) is 48.5 Å². The van der Waals surface area contributed by atoms with Crippen molar-refractivity contribution in [2.75, 3.05) is 40.5 Å². The van der Waals surface area contributed by atoms with Crippen LogP contribution in [0.4, 0.5) is 4.79 Å². The van der Waals surface area contributed by atoms with Gasteiger partial charge in [0.1, 0.15) is 17.1 Å². The van der Waals surface area contributed by atoms with E-state index in [4.69, 9.17) is 18.9 Å². The zero-order chi connectivity index (χ0) is 38.2. The third-order valence-electron chi connectivity index (χ3n) is 9.67. The van der Waals surface area contributed by atoms with Gasteiger partial charge in [-0.2, -0.15) is 0 Å². The van der Waals surface area contributed by atoms with E-state index >= 15 is 0 Å². The van der Waals surface area contributed by atoms with Crippen LogP contribution in [-0.4, -0.2) is 83.4 Å². The Morgan fingerprint density at radius 3 is 2.15 bits per heavy atom. The van der Waals surface area contributed by atoms with E-state index in [2.05, 4.69) is 10.0 Å². The number of sulfonamides is 1. The van der Waals surface area contributed by atoms with E-state index in [1.165, 1.54) is 24.1 Å². The van der Waals surface area contributed by atoms with Gasteiger partial charge in [-0.05, 0) is 82.7 Å². The molecule has 0 radical (unpaired) electrons. The fourth-order valence-corrected chi connectivity index (χ4v) is 8.33. The van der Waals surface area contributed by atoms with Crippen molar-refractivity contribution >= 4 is 28.0 Å². The number of amides is 2. The number of nitrogens with one attached hydrogen (secondary N) is 2. The molecule has 0 spiro atoms.